The first-order chi connectivity index (χ1) is 15.0. The number of carbonyl (C=O) groups is 1. The van der Waals surface area contributed by atoms with Crippen LogP contribution in [0.15, 0.2) is 76.2 Å². The summed E-state index contributed by atoms with van der Waals surface area (Å²) < 4.78 is 11.1. The third-order valence-electron chi connectivity index (χ3n) is 4.84. The molecule has 1 amide bonds. The molecule has 0 fully saturated rings. The van der Waals surface area contributed by atoms with Gasteiger partial charge in [0.15, 0.2) is 0 Å². The molecule has 6 nitrogen and oxygen atoms in total. The Morgan fingerprint density at radius 3 is 2.58 bits per heavy atom. The number of aryl methyl sites for hydroxylation is 1. The molecule has 2 heterocycles. The lowest BCUT2D eigenvalue weighted by Crippen LogP contribution is -2.20. The fourth-order valence-corrected chi connectivity index (χ4v) is 3.28. The van der Waals surface area contributed by atoms with E-state index in [2.05, 4.69) is 10.5 Å². The topological polar surface area (TPSA) is 76.7 Å². The van der Waals surface area contributed by atoms with Crippen molar-refractivity contribution in [3.8, 4) is 17.0 Å². The van der Waals surface area contributed by atoms with Crippen LogP contribution in [0.1, 0.15) is 35.7 Å². The fourth-order valence-electron chi connectivity index (χ4n) is 3.28. The summed E-state index contributed by atoms with van der Waals surface area (Å²) in [7, 11) is 0. The van der Waals surface area contributed by atoms with E-state index in [1.807, 2.05) is 74.5 Å². The van der Waals surface area contributed by atoms with Crippen LogP contribution in [0.2, 0.25) is 0 Å². The van der Waals surface area contributed by atoms with Crippen LogP contribution >= 0.6 is 0 Å². The number of amides is 1. The van der Waals surface area contributed by atoms with Crippen molar-refractivity contribution in [2.45, 2.75) is 20.8 Å². The minimum absolute atomic E-state index is 0.312. The maximum Gasteiger partial charge on any atom is 0.272 e. The molecule has 2 aromatic carbocycles. The van der Waals surface area contributed by atoms with E-state index in [1.165, 1.54) is 0 Å². The lowest BCUT2D eigenvalue weighted by Gasteiger charge is -2.10. The Kier molecular flexibility index (Phi) is 5.80. The number of hydrazone groups is 1. The molecule has 156 valence electrons. The van der Waals surface area contributed by atoms with E-state index in [4.69, 9.17) is 14.1 Å². The molecule has 0 aliphatic rings. The number of carbonyl (C=O) groups excluding carboxylic acids is 1. The zero-order chi connectivity index (χ0) is 21.8. The molecular formula is C25H23N3O3. The van der Waals surface area contributed by atoms with Crippen molar-refractivity contribution in [2.24, 2.45) is 5.10 Å². The molecule has 0 radical (unpaired) electrons. The van der Waals surface area contributed by atoms with Gasteiger partial charge in [-0.2, -0.15) is 5.10 Å². The first kappa shape index (κ1) is 20.3. The molecule has 1 N–H and O–H groups in total. The van der Waals surface area contributed by atoms with E-state index in [0.717, 1.165) is 28.0 Å². The Hall–Kier alpha value is -3.93. The van der Waals surface area contributed by atoms with Crippen molar-refractivity contribution in [1.82, 2.24) is 10.4 Å². The van der Waals surface area contributed by atoms with Crippen LogP contribution in [0.3, 0.4) is 0 Å². The summed E-state index contributed by atoms with van der Waals surface area (Å²) in [6.45, 7) is 6.20. The first-order valence-corrected chi connectivity index (χ1v) is 10.1. The summed E-state index contributed by atoms with van der Waals surface area (Å²) in [5, 5.41) is 4.97. The quantitative estimate of drug-likeness (QED) is 0.341. The van der Waals surface area contributed by atoms with Crippen LogP contribution in [0.25, 0.3) is 22.2 Å². The van der Waals surface area contributed by atoms with Crippen molar-refractivity contribution < 1.29 is 13.9 Å². The number of nitrogens with one attached hydrogen (secondary N) is 1. The number of hydrogen-bond donors (Lipinski definition) is 1. The number of rotatable bonds is 6. The summed E-state index contributed by atoms with van der Waals surface area (Å²) in [5.41, 5.74) is 6.07. The number of pyridine rings is 1. The highest BCUT2D eigenvalue weighted by molar-refractivity contribution is 6.08. The first-order valence-electron chi connectivity index (χ1n) is 10.1. The molecular weight excluding hydrogens is 390 g/mol. The van der Waals surface area contributed by atoms with E-state index in [0.29, 0.717) is 29.3 Å². The van der Waals surface area contributed by atoms with E-state index >= 15 is 0 Å². The maximum atomic E-state index is 13.0. The number of ether oxygens (including phenoxy) is 1. The van der Waals surface area contributed by atoms with Gasteiger partial charge in [0.2, 0.25) is 0 Å². The summed E-state index contributed by atoms with van der Waals surface area (Å²) >= 11 is 0. The highest BCUT2D eigenvalue weighted by Gasteiger charge is 2.14. The van der Waals surface area contributed by atoms with Gasteiger partial charge in [-0.3, -0.25) is 4.79 Å². The smallest absolute Gasteiger partial charge is 0.272 e. The predicted molar refractivity (Wildman–Crippen MR) is 121 cm³/mol. The zero-order valence-corrected chi connectivity index (χ0v) is 17.7. The van der Waals surface area contributed by atoms with Crippen molar-refractivity contribution in [3.63, 3.8) is 0 Å². The molecule has 4 rings (SSSR count). The monoisotopic (exact) mass is 413 g/mol. The normalized spacial score (nSPS) is 11.5. The molecule has 0 atom stereocenters. The van der Waals surface area contributed by atoms with Gasteiger partial charge in [0, 0.05) is 10.9 Å². The Bertz CT molecular complexity index is 1260. The second-order valence-corrected chi connectivity index (χ2v) is 7.08. The van der Waals surface area contributed by atoms with Crippen LogP contribution in [0, 0.1) is 6.92 Å². The number of fused-ring (bicyclic) bond motifs is 1. The second kappa shape index (κ2) is 8.83. The third-order valence-corrected chi connectivity index (χ3v) is 4.84. The molecule has 0 saturated heterocycles. The van der Waals surface area contributed by atoms with E-state index in [-0.39, 0.29) is 5.91 Å². The second-order valence-electron chi connectivity index (χ2n) is 7.08. The molecule has 4 aromatic rings. The highest BCUT2D eigenvalue weighted by Crippen LogP contribution is 2.26. The lowest BCUT2D eigenvalue weighted by atomic mass is 10.0. The van der Waals surface area contributed by atoms with Gasteiger partial charge in [-0.15, -0.1) is 0 Å². The molecule has 0 unspecified atom stereocenters. The highest BCUT2D eigenvalue weighted by atomic mass is 16.5. The third kappa shape index (κ3) is 4.48. The molecule has 6 heteroatoms. The minimum Gasteiger partial charge on any atom is -0.494 e. The van der Waals surface area contributed by atoms with Gasteiger partial charge in [0.25, 0.3) is 5.91 Å². The van der Waals surface area contributed by atoms with E-state index in [9.17, 15) is 4.79 Å². The van der Waals surface area contributed by atoms with Crippen molar-refractivity contribution >= 4 is 22.5 Å². The van der Waals surface area contributed by atoms with Crippen LogP contribution in [0.4, 0.5) is 0 Å². The largest absolute Gasteiger partial charge is 0.494 e. The van der Waals surface area contributed by atoms with Crippen LogP contribution < -0.4 is 10.2 Å². The average molecular weight is 413 g/mol. The molecule has 0 aliphatic carbocycles. The molecule has 31 heavy (non-hydrogen) atoms. The van der Waals surface area contributed by atoms with Gasteiger partial charge >= 0.3 is 0 Å². The van der Waals surface area contributed by atoms with Crippen LogP contribution in [-0.4, -0.2) is 23.2 Å². The summed E-state index contributed by atoms with van der Waals surface area (Å²) in [4.78, 5) is 17.8. The lowest BCUT2D eigenvalue weighted by molar-refractivity contribution is 0.0956. The summed E-state index contributed by atoms with van der Waals surface area (Å²) in [6, 6.07) is 20.7. The van der Waals surface area contributed by atoms with Crippen LogP contribution in [0.5, 0.6) is 5.75 Å². The summed E-state index contributed by atoms with van der Waals surface area (Å²) in [6.07, 6.45) is 0. The van der Waals surface area contributed by atoms with Gasteiger partial charge in [-0.1, -0.05) is 18.2 Å². The standard InChI is InChI=1S/C25H23N3O3/c1-4-30-19-12-10-18(11-13-19)23-15-21(20-7-5-6-8-22(20)26-23)25(29)28-27-17(3)24-14-9-16(2)31-24/h5-15H,4H2,1-3H3,(H,28,29)/b27-17-. The number of hydrogen-bond acceptors (Lipinski definition) is 5. The van der Waals surface area contributed by atoms with Gasteiger partial charge < -0.3 is 9.15 Å². The number of furan rings is 1. The molecule has 0 spiro atoms. The van der Waals surface area contributed by atoms with Crippen molar-refractivity contribution in [2.75, 3.05) is 6.61 Å². The molecule has 0 saturated carbocycles. The number of aromatic nitrogens is 1. The maximum absolute atomic E-state index is 13.0. The van der Waals surface area contributed by atoms with Crippen LogP contribution in [-0.2, 0) is 0 Å². The van der Waals surface area contributed by atoms with Crippen molar-refractivity contribution in [3.05, 3.63) is 83.8 Å². The van der Waals surface area contributed by atoms with Gasteiger partial charge in [-0.05, 0) is 69.3 Å². The number of nitrogens with zero attached hydrogens (tertiary/aromatic N) is 2. The Labute approximate surface area is 180 Å². The number of para-hydroxylation sites is 1. The molecule has 2 aromatic heterocycles. The molecule has 0 bridgehead atoms. The minimum atomic E-state index is -0.312. The Balaban J connectivity index is 1.68. The average Bonchev–Trinajstić information content (AvgIpc) is 3.23. The van der Waals surface area contributed by atoms with E-state index < -0.39 is 0 Å². The van der Waals surface area contributed by atoms with Gasteiger partial charge in [0.1, 0.15) is 23.0 Å². The van der Waals surface area contributed by atoms with Crippen molar-refractivity contribution in [1.29, 1.82) is 0 Å². The van der Waals surface area contributed by atoms with Gasteiger partial charge in [-0.25, -0.2) is 10.4 Å². The van der Waals surface area contributed by atoms with E-state index in [1.54, 1.807) is 13.0 Å². The predicted octanol–water partition coefficient (Wildman–Crippen LogP) is 5.36. The number of benzene rings is 2. The SMILES string of the molecule is CCOc1ccc(-c2cc(C(=O)N/N=C(/C)c3ccc(C)o3)c3ccccc3n2)cc1. The summed E-state index contributed by atoms with van der Waals surface area (Å²) in [5.74, 6) is 1.89. The zero-order valence-electron chi connectivity index (χ0n) is 17.7. The van der Waals surface area contributed by atoms with Gasteiger partial charge in [0.05, 0.1) is 23.4 Å². The Morgan fingerprint density at radius 1 is 1.10 bits per heavy atom. The fraction of sp³-hybridized carbons (Fsp3) is 0.160. The Morgan fingerprint density at radius 2 is 1.87 bits per heavy atom. The molecule has 0 aliphatic heterocycles.